The molecule has 0 spiro atoms. The van der Waals surface area contributed by atoms with Gasteiger partial charge in [0.1, 0.15) is 0 Å². The van der Waals surface area contributed by atoms with Gasteiger partial charge in [0.25, 0.3) is 5.91 Å². The monoisotopic (exact) mass is 552 g/mol. The van der Waals surface area contributed by atoms with Crippen LogP contribution in [0.3, 0.4) is 0 Å². The SMILES string of the molecule is CC(=O)O[C@@H](C)C(=O)NCc1ccc([C@@H]2O[C@H](CN3CCCCCCC3)[C@H](C)[C@H](c3ccc(CO)cc3)O2)cc1. The molecule has 2 aromatic rings. The van der Waals surface area contributed by atoms with Gasteiger partial charge >= 0.3 is 5.97 Å². The molecular formula is C32H44N2O6. The zero-order valence-electron chi connectivity index (χ0n) is 24.0. The molecule has 8 heteroatoms. The van der Waals surface area contributed by atoms with Gasteiger partial charge in [-0.3, -0.25) is 9.59 Å². The summed E-state index contributed by atoms with van der Waals surface area (Å²) in [7, 11) is 0. The molecule has 2 aliphatic rings. The number of benzene rings is 2. The van der Waals surface area contributed by atoms with Crippen LogP contribution in [0.5, 0.6) is 0 Å². The summed E-state index contributed by atoms with van der Waals surface area (Å²) >= 11 is 0. The molecule has 40 heavy (non-hydrogen) atoms. The van der Waals surface area contributed by atoms with Crippen molar-refractivity contribution in [2.45, 2.75) is 90.6 Å². The second-order valence-corrected chi connectivity index (χ2v) is 11.1. The Morgan fingerprint density at radius 1 is 0.950 bits per heavy atom. The molecule has 5 atom stereocenters. The zero-order valence-corrected chi connectivity index (χ0v) is 24.0. The van der Waals surface area contributed by atoms with Crippen molar-refractivity contribution in [2.75, 3.05) is 19.6 Å². The molecular weight excluding hydrogens is 508 g/mol. The standard InChI is InChI=1S/C32H44N2O6/c1-22-29(20-34-17-7-5-4-6-8-18-34)39-32(40-30(22)27-13-11-26(21-35)12-14-27)28-15-9-25(10-16-28)19-33-31(37)23(2)38-24(3)36/h9-16,22-23,29-30,32,35H,4-8,17-21H2,1-3H3,(H,33,37)/t22-,23-,29+,30+,32+/m0/s1. The number of hydrogen-bond acceptors (Lipinski definition) is 7. The smallest absolute Gasteiger partial charge is 0.303 e. The molecule has 4 rings (SSSR count). The lowest BCUT2D eigenvalue weighted by molar-refractivity contribution is -0.276. The summed E-state index contributed by atoms with van der Waals surface area (Å²) in [6.07, 6.45) is 4.86. The van der Waals surface area contributed by atoms with Gasteiger partial charge in [0, 0.05) is 31.5 Å². The number of ether oxygens (including phenoxy) is 3. The summed E-state index contributed by atoms with van der Waals surface area (Å²) in [5.74, 6) is -0.675. The molecule has 8 nitrogen and oxygen atoms in total. The first-order chi connectivity index (χ1) is 19.3. The summed E-state index contributed by atoms with van der Waals surface area (Å²) in [4.78, 5) is 25.9. The molecule has 2 N–H and O–H groups in total. The minimum atomic E-state index is -0.836. The number of rotatable bonds is 9. The lowest BCUT2D eigenvalue weighted by atomic mass is 9.89. The van der Waals surface area contributed by atoms with Crippen LogP contribution < -0.4 is 5.32 Å². The van der Waals surface area contributed by atoms with Gasteiger partial charge < -0.3 is 29.5 Å². The van der Waals surface area contributed by atoms with E-state index in [1.165, 1.54) is 39.0 Å². The van der Waals surface area contributed by atoms with Crippen LogP contribution in [0, 0.1) is 5.92 Å². The van der Waals surface area contributed by atoms with Crippen molar-refractivity contribution in [3.63, 3.8) is 0 Å². The Kier molecular flexibility index (Phi) is 11.1. The predicted molar refractivity (Wildman–Crippen MR) is 152 cm³/mol. The van der Waals surface area contributed by atoms with Gasteiger partial charge in [-0.15, -0.1) is 0 Å². The molecule has 0 saturated carbocycles. The lowest BCUT2D eigenvalue weighted by Crippen LogP contribution is -2.45. The van der Waals surface area contributed by atoms with Gasteiger partial charge in [-0.2, -0.15) is 0 Å². The molecule has 2 saturated heterocycles. The minimum absolute atomic E-state index is 0.00224. The first kappa shape index (κ1) is 30.2. The number of hydrogen-bond donors (Lipinski definition) is 2. The minimum Gasteiger partial charge on any atom is -0.453 e. The van der Waals surface area contributed by atoms with Crippen molar-refractivity contribution in [1.82, 2.24) is 10.2 Å². The lowest BCUT2D eigenvalue weighted by Gasteiger charge is -2.43. The summed E-state index contributed by atoms with van der Waals surface area (Å²) in [6.45, 7) is 8.46. The number of amides is 1. The van der Waals surface area contributed by atoms with Crippen LogP contribution in [-0.4, -0.2) is 53.7 Å². The van der Waals surface area contributed by atoms with Crippen LogP contribution in [-0.2, 0) is 37.0 Å². The van der Waals surface area contributed by atoms with Crippen LogP contribution in [0.15, 0.2) is 48.5 Å². The largest absolute Gasteiger partial charge is 0.453 e. The van der Waals surface area contributed by atoms with Crippen molar-refractivity contribution in [1.29, 1.82) is 0 Å². The summed E-state index contributed by atoms with van der Waals surface area (Å²) in [6, 6.07) is 15.9. The van der Waals surface area contributed by atoms with Crippen molar-refractivity contribution in [2.24, 2.45) is 5.92 Å². The van der Waals surface area contributed by atoms with Crippen LogP contribution in [0.2, 0.25) is 0 Å². The normalized spacial score (nSPS) is 24.9. The molecule has 2 fully saturated rings. The van der Waals surface area contributed by atoms with E-state index in [9.17, 15) is 14.7 Å². The summed E-state index contributed by atoms with van der Waals surface area (Å²) in [5.41, 5.74) is 3.80. The third kappa shape index (κ3) is 8.36. The Hall–Kier alpha value is -2.78. The number of carbonyl (C=O) groups excluding carboxylic acids is 2. The maximum Gasteiger partial charge on any atom is 0.303 e. The fourth-order valence-electron chi connectivity index (χ4n) is 5.51. The maximum absolute atomic E-state index is 12.2. The number of esters is 1. The van der Waals surface area contributed by atoms with E-state index in [1.54, 1.807) is 6.92 Å². The number of aliphatic hydroxyl groups is 1. The molecule has 0 unspecified atom stereocenters. The topological polar surface area (TPSA) is 97.3 Å². The first-order valence-electron chi connectivity index (χ1n) is 14.6. The van der Waals surface area contributed by atoms with Gasteiger partial charge in [0.05, 0.1) is 18.8 Å². The van der Waals surface area contributed by atoms with Gasteiger partial charge in [0.15, 0.2) is 12.4 Å². The third-order valence-electron chi connectivity index (χ3n) is 7.94. The predicted octanol–water partition coefficient (Wildman–Crippen LogP) is 4.80. The molecule has 1 amide bonds. The van der Waals surface area contributed by atoms with Gasteiger partial charge in [-0.25, -0.2) is 0 Å². The van der Waals surface area contributed by atoms with Crippen LogP contribution in [0.25, 0.3) is 0 Å². The van der Waals surface area contributed by atoms with Crippen LogP contribution in [0.1, 0.15) is 87.5 Å². The van der Waals surface area contributed by atoms with E-state index >= 15 is 0 Å². The molecule has 2 aliphatic heterocycles. The quantitative estimate of drug-likeness (QED) is 0.431. The van der Waals surface area contributed by atoms with Gasteiger partial charge in [0.2, 0.25) is 0 Å². The number of nitrogens with one attached hydrogen (secondary N) is 1. The fraction of sp³-hybridized carbons (Fsp3) is 0.562. The Bertz CT molecular complexity index is 1080. The van der Waals surface area contributed by atoms with Crippen LogP contribution >= 0.6 is 0 Å². The fourth-order valence-corrected chi connectivity index (χ4v) is 5.51. The molecule has 218 valence electrons. The van der Waals surface area contributed by atoms with E-state index in [0.717, 1.165) is 41.9 Å². The zero-order chi connectivity index (χ0) is 28.5. The second-order valence-electron chi connectivity index (χ2n) is 11.1. The Morgan fingerprint density at radius 3 is 2.17 bits per heavy atom. The third-order valence-corrected chi connectivity index (χ3v) is 7.94. The highest BCUT2D eigenvalue weighted by molar-refractivity contribution is 5.82. The Morgan fingerprint density at radius 2 is 1.55 bits per heavy atom. The molecule has 0 bridgehead atoms. The van der Waals surface area contributed by atoms with Crippen LogP contribution in [0.4, 0.5) is 0 Å². The van der Waals surface area contributed by atoms with Crippen molar-refractivity contribution in [3.8, 4) is 0 Å². The van der Waals surface area contributed by atoms with E-state index in [2.05, 4.69) is 17.1 Å². The molecule has 0 aliphatic carbocycles. The maximum atomic E-state index is 12.2. The Labute approximate surface area is 238 Å². The van der Waals surface area contributed by atoms with Gasteiger partial charge in [-0.05, 0) is 49.5 Å². The summed E-state index contributed by atoms with van der Waals surface area (Å²) in [5, 5.41) is 12.3. The molecule has 0 aromatic heterocycles. The van der Waals surface area contributed by atoms with E-state index in [4.69, 9.17) is 14.2 Å². The molecule has 2 aromatic carbocycles. The Balaban J connectivity index is 1.47. The van der Waals surface area contributed by atoms with Crippen molar-refractivity contribution >= 4 is 11.9 Å². The van der Waals surface area contributed by atoms with E-state index in [1.807, 2.05) is 48.5 Å². The summed E-state index contributed by atoms with van der Waals surface area (Å²) < 4.78 is 18.2. The average molecular weight is 553 g/mol. The van der Waals surface area contributed by atoms with Crippen molar-refractivity contribution < 1.29 is 28.9 Å². The highest BCUT2D eigenvalue weighted by Crippen LogP contribution is 2.42. The molecule has 0 radical (unpaired) electrons. The van der Waals surface area contributed by atoms with E-state index in [-0.39, 0.29) is 30.6 Å². The number of nitrogens with zero attached hydrogens (tertiary/aromatic N) is 1. The molecule has 2 heterocycles. The number of likely N-dealkylation sites (tertiary alicyclic amines) is 1. The van der Waals surface area contributed by atoms with Crippen molar-refractivity contribution in [3.05, 3.63) is 70.8 Å². The van der Waals surface area contributed by atoms with E-state index < -0.39 is 18.4 Å². The van der Waals surface area contributed by atoms with E-state index in [0.29, 0.717) is 6.54 Å². The number of carbonyl (C=O) groups is 2. The average Bonchev–Trinajstić information content (AvgIpc) is 2.94. The first-order valence-corrected chi connectivity index (χ1v) is 14.6. The highest BCUT2D eigenvalue weighted by Gasteiger charge is 2.39. The second kappa shape index (κ2) is 14.7. The van der Waals surface area contributed by atoms with Gasteiger partial charge in [-0.1, -0.05) is 74.7 Å². The number of aliphatic hydroxyl groups excluding tert-OH is 1. The highest BCUT2D eigenvalue weighted by atomic mass is 16.7.